The van der Waals surface area contributed by atoms with E-state index in [4.69, 9.17) is 0 Å². The van der Waals surface area contributed by atoms with Crippen molar-refractivity contribution in [2.24, 2.45) is 0 Å². The van der Waals surface area contributed by atoms with Gasteiger partial charge in [-0.3, -0.25) is 14.2 Å². The molecule has 172 valence electrons. The fourth-order valence-electron chi connectivity index (χ4n) is 5.20. The van der Waals surface area contributed by atoms with Gasteiger partial charge in [-0.2, -0.15) is 0 Å². The summed E-state index contributed by atoms with van der Waals surface area (Å²) >= 11 is 0. The quantitative estimate of drug-likeness (QED) is 0.387. The molecule has 1 amide bonds. The molecule has 2 aromatic carbocycles. The monoisotopic (exact) mass is 459 g/mol. The number of hydrogen-bond donors (Lipinski definition) is 1. The zero-order chi connectivity index (χ0) is 23.4. The first-order chi connectivity index (χ1) is 17.2. The molecule has 0 atom stereocenters. The maximum atomic E-state index is 12.5. The molecule has 35 heavy (non-hydrogen) atoms. The molecule has 0 radical (unpaired) electrons. The summed E-state index contributed by atoms with van der Waals surface area (Å²) in [5.41, 5.74) is 6.16. The van der Waals surface area contributed by atoms with E-state index in [0.29, 0.717) is 17.4 Å². The standard InChI is InChI=1S/C29H25N5O/c35-27(33-24-4-1-5-24)20-8-6-19(7-9-20)22-16-31-28-32-17-26(34(28)18-22)29(12-13-29)23-10-11-25-21(15-23)3-2-14-30-25/h2-3,6-11,14-18,24H,1,4-5,12-13H2,(H,33,35). The molecule has 6 heteroatoms. The van der Waals surface area contributed by atoms with E-state index >= 15 is 0 Å². The summed E-state index contributed by atoms with van der Waals surface area (Å²) in [6.07, 6.45) is 13.3. The van der Waals surface area contributed by atoms with Crippen molar-refractivity contribution in [1.82, 2.24) is 24.7 Å². The maximum absolute atomic E-state index is 12.5. The van der Waals surface area contributed by atoms with Gasteiger partial charge >= 0.3 is 0 Å². The highest BCUT2D eigenvalue weighted by molar-refractivity contribution is 5.95. The van der Waals surface area contributed by atoms with Crippen molar-refractivity contribution in [2.45, 2.75) is 43.6 Å². The van der Waals surface area contributed by atoms with E-state index in [1.807, 2.05) is 48.9 Å². The van der Waals surface area contributed by atoms with E-state index in [9.17, 15) is 4.79 Å². The molecule has 2 aliphatic rings. The van der Waals surface area contributed by atoms with Crippen LogP contribution in [-0.4, -0.2) is 31.3 Å². The normalized spacial score (nSPS) is 16.8. The Morgan fingerprint density at radius 1 is 0.943 bits per heavy atom. The maximum Gasteiger partial charge on any atom is 0.251 e. The van der Waals surface area contributed by atoms with E-state index in [1.165, 1.54) is 17.7 Å². The number of imidazole rings is 1. The summed E-state index contributed by atoms with van der Waals surface area (Å²) in [5.74, 6) is 0.710. The molecule has 0 aliphatic heterocycles. The highest BCUT2D eigenvalue weighted by Crippen LogP contribution is 2.53. The Bertz CT molecular complexity index is 1580. The van der Waals surface area contributed by atoms with E-state index in [-0.39, 0.29) is 11.3 Å². The second kappa shape index (κ2) is 7.73. The zero-order valence-electron chi connectivity index (χ0n) is 19.3. The number of rotatable bonds is 5. The Kier molecular flexibility index (Phi) is 4.49. The third-order valence-corrected chi connectivity index (χ3v) is 7.68. The number of hydrogen-bond acceptors (Lipinski definition) is 4. The molecule has 5 aromatic rings. The molecule has 1 N–H and O–H groups in total. The van der Waals surface area contributed by atoms with Gasteiger partial charge in [-0.15, -0.1) is 0 Å². The van der Waals surface area contributed by atoms with Crippen LogP contribution in [0.3, 0.4) is 0 Å². The Morgan fingerprint density at radius 2 is 1.77 bits per heavy atom. The zero-order valence-corrected chi connectivity index (χ0v) is 19.3. The van der Waals surface area contributed by atoms with Crippen LogP contribution < -0.4 is 5.32 Å². The molecule has 2 fully saturated rings. The third-order valence-electron chi connectivity index (χ3n) is 7.68. The van der Waals surface area contributed by atoms with E-state index < -0.39 is 0 Å². The smallest absolute Gasteiger partial charge is 0.251 e. The van der Waals surface area contributed by atoms with Gasteiger partial charge < -0.3 is 5.32 Å². The number of amides is 1. The van der Waals surface area contributed by atoms with E-state index in [0.717, 1.165) is 47.7 Å². The number of aromatic nitrogens is 4. The topological polar surface area (TPSA) is 72.2 Å². The Hall–Kier alpha value is -4.06. The average molecular weight is 460 g/mol. The predicted octanol–water partition coefficient (Wildman–Crippen LogP) is 5.31. The molecule has 3 aromatic heterocycles. The summed E-state index contributed by atoms with van der Waals surface area (Å²) in [4.78, 5) is 26.2. The van der Waals surface area contributed by atoms with Crippen LogP contribution in [0.4, 0.5) is 0 Å². The van der Waals surface area contributed by atoms with Crippen molar-refractivity contribution in [3.05, 3.63) is 96.2 Å². The number of fused-ring (bicyclic) bond motifs is 2. The molecule has 3 heterocycles. The first-order valence-electron chi connectivity index (χ1n) is 12.3. The molecule has 0 unspecified atom stereocenters. The number of nitrogens with one attached hydrogen (secondary N) is 1. The van der Waals surface area contributed by atoms with Crippen LogP contribution in [0.15, 0.2) is 79.4 Å². The van der Waals surface area contributed by atoms with Crippen molar-refractivity contribution in [1.29, 1.82) is 0 Å². The Morgan fingerprint density at radius 3 is 2.54 bits per heavy atom. The van der Waals surface area contributed by atoms with Gasteiger partial charge in [-0.05, 0) is 73.6 Å². The van der Waals surface area contributed by atoms with E-state index in [1.54, 1.807) is 0 Å². The summed E-state index contributed by atoms with van der Waals surface area (Å²) in [6, 6.07) is 18.8. The molecule has 0 bridgehead atoms. The van der Waals surface area contributed by atoms with Gasteiger partial charge in [0.1, 0.15) is 0 Å². The third kappa shape index (κ3) is 3.40. The lowest BCUT2D eigenvalue weighted by atomic mass is 9.91. The number of nitrogens with zero attached hydrogens (tertiary/aromatic N) is 4. The summed E-state index contributed by atoms with van der Waals surface area (Å²) < 4.78 is 2.13. The van der Waals surface area contributed by atoms with Gasteiger partial charge in [-0.25, -0.2) is 9.97 Å². The lowest BCUT2D eigenvalue weighted by molar-refractivity contribution is 0.0917. The van der Waals surface area contributed by atoms with Gasteiger partial charge in [0, 0.05) is 46.6 Å². The van der Waals surface area contributed by atoms with Gasteiger partial charge in [0.15, 0.2) is 0 Å². The van der Waals surface area contributed by atoms with Crippen molar-refractivity contribution < 1.29 is 4.79 Å². The molecule has 2 saturated carbocycles. The Balaban J connectivity index is 1.22. The molecule has 0 saturated heterocycles. The first-order valence-corrected chi connectivity index (χ1v) is 12.3. The lowest BCUT2D eigenvalue weighted by Crippen LogP contribution is -2.39. The van der Waals surface area contributed by atoms with Crippen LogP contribution in [-0.2, 0) is 5.41 Å². The van der Waals surface area contributed by atoms with Gasteiger partial charge in [0.25, 0.3) is 5.91 Å². The number of carbonyl (C=O) groups excluding carboxylic acids is 1. The molecular weight excluding hydrogens is 434 g/mol. The molecule has 2 aliphatic carbocycles. The highest BCUT2D eigenvalue weighted by Gasteiger charge is 2.48. The largest absolute Gasteiger partial charge is 0.349 e. The minimum atomic E-state index is -0.0484. The predicted molar refractivity (Wildman–Crippen MR) is 135 cm³/mol. The SMILES string of the molecule is O=C(NC1CCC1)c1ccc(-c2cnc3ncc(C4(c5ccc6ncccc6c5)CC4)n3c2)cc1. The van der Waals surface area contributed by atoms with Crippen LogP contribution in [0.25, 0.3) is 27.8 Å². The van der Waals surface area contributed by atoms with Crippen molar-refractivity contribution in [3.63, 3.8) is 0 Å². The summed E-state index contributed by atoms with van der Waals surface area (Å²) in [6.45, 7) is 0. The van der Waals surface area contributed by atoms with Gasteiger partial charge in [-0.1, -0.05) is 24.3 Å². The fraction of sp³-hybridized carbons (Fsp3) is 0.241. The van der Waals surface area contributed by atoms with E-state index in [2.05, 4.69) is 55.1 Å². The molecular formula is C29H25N5O. The Labute approximate surface area is 203 Å². The van der Waals surface area contributed by atoms with Crippen molar-refractivity contribution in [2.75, 3.05) is 0 Å². The summed E-state index contributed by atoms with van der Waals surface area (Å²) in [5, 5.41) is 4.26. The number of pyridine rings is 1. The van der Waals surface area contributed by atoms with Crippen LogP contribution in [0.1, 0.15) is 53.7 Å². The van der Waals surface area contributed by atoms with Crippen molar-refractivity contribution in [3.8, 4) is 11.1 Å². The molecule has 6 nitrogen and oxygen atoms in total. The second-order valence-corrected chi connectivity index (χ2v) is 9.83. The van der Waals surface area contributed by atoms with Crippen LogP contribution >= 0.6 is 0 Å². The molecule has 7 rings (SSSR count). The van der Waals surface area contributed by atoms with Crippen LogP contribution in [0, 0.1) is 0 Å². The highest BCUT2D eigenvalue weighted by atomic mass is 16.1. The second-order valence-electron chi connectivity index (χ2n) is 9.83. The van der Waals surface area contributed by atoms with Crippen LogP contribution in [0.2, 0.25) is 0 Å². The lowest BCUT2D eigenvalue weighted by Gasteiger charge is -2.26. The molecule has 0 spiro atoms. The average Bonchev–Trinajstić information content (AvgIpc) is 3.58. The summed E-state index contributed by atoms with van der Waals surface area (Å²) in [7, 11) is 0. The van der Waals surface area contributed by atoms with Crippen molar-refractivity contribution >= 4 is 22.6 Å². The van der Waals surface area contributed by atoms with Gasteiger partial charge in [0.05, 0.1) is 17.4 Å². The van der Waals surface area contributed by atoms with Crippen LogP contribution in [0.5, 0.6) is 0 Å². The van der Waals surface area contributed by atoms with Gasteiger partial charge in [0.2, 0.25) is 5.78 Å². The minimum absolute atomic E-state index is 0.00739. The first kappa shape index (κ1) is 20.3. The minimum Gasteiger partial charge on any atom is -0.349 e. The fourth-order valence-corrected chi connectivity index (χ4v) is 5.20. The number of benzene rings is 2. The number of carbonyl (C=O) groups is 1.